The number of aromatic nitrogens is 1. The Morgan fingerprint density at radius 1 is 0.975 bits per heavy atom. The van der Waals surface area contributed by atoms with Crippen LogP contribution >= 0.6 is 0 Å². The molecule has 6 rings (SSSR count). The Labute approximate surface area is 237 Å². The van der Waals surface area contributed by atoms with Crippen molar-refractivity contribution in [2.45, 2.75) is 70.3 Å². The van der Waals surface area contributed by atoms with Crippen molar-refractivity contribution in [3.05, 3.63) is 48.0 Å². The molecule has 210 valence electrons. The quantitative estimate of drug-likeness (QED) is 0.255. The van der Waals surface area contributed by atoms with E-state index < -0.39 is 6.09 Å². The number of nitriles is 1. The van der Waals surface area contributed by atoms with Gasteiger partial charge in [-0.05, 0) is 113 Å². The van der Waals surface area contributed by atoms with Crippen LogP contribution in [-0.2, 0) is 4.74 Å². The molecule has 3 aromatic rings. The first-order valence-electron chi connectivity index (χ1n) is 15.2. The predicted octanol–water partition coefficient (Wildman–Crippen LogP) is 7.51. The van der Waals surface area contributed by atoms with Gasteiger partial charge in [-0.15, -0.1) is 0 Å². The lowest BCUT2D eigenvalue weighted by atomic mass is 9.86. The molecule has 2 aromatic carbocycles. The molecular weight excluding hydrogens is 500 g/mol. The third kappa shape index (κ3) is 5.83. The summed E-state index contributed by atoms with van der Waals surface area (Å²) >= 11 is 0. The lowest BCUT2D eigenvalue weighted by Gasteiger charge is -2.30. The molecule has 7 heteroatoms. The molecule has 2 heterocycles. The summed E-state index contributed by atoms with van der Waals surface area (Å²) in [6.45, 7) is 4.84. The molecule has 1 N–H and O–H groups in total. The zero-order chi connectivity index (χ0) is 27.3. The zero-order valence-corrected chi connectivity index (χ0v) is 23.4. The zero-order valence-electron chi connectivity index (χ0n) is 23.4. The standard InChI is InChI=1S/C33H40N4O3/c34-22-30-29-16-15-28(39-20-4-3-19-36-17-1-2-18-36)21-31(29)37(27-9-6-10-27)32(30)25-11-13-26(14-12-25)35-33(38)40-23-24-7-5-8-24/h11-16,21,24,27H,1-10,17-20,23H2,(H,35,38). The van der Waals surface area contributed by atoms with E-state index >= 15 is 0 Å². The van der Waals surface area contributed by atoms with E-state index in [0.29, 0.717) is 36.4 Å². The smallest absolute Gasteiger partial charge is 0.411 e. The number of nitrogens with zero attached hydrogens (tertiary/aromatic N) is 3. The summed E-state index contributed by atoms with van der Waals surface area (Å²) in [4.78, 5) is 14.8. The molecule has 7 nitrogen and oxygen atoms in total. The van der Waals surface area contributed by atoms with Gasteiger partial charge in [0.1, 0.15) is 11.8 Å². The number of anilines is 1. The van der Waals surface area contributed by atoms with Gasteiger partial charge in [0.25, 0.3) is 0 Å². The van der Waals surface area contributed by atoms with E-state index in [1.807, 2.05) is 36.4 Å². The van der Waals surface area contributed by atoms with Crippen molar-refractivity contribution in [2.75, 3.05) is 38.2 Å². The van der Waals surface area contributed by atoms with Crippen molar-refractivity contribution in [3.8, 4) is 23.1 Å². The highest BCUT2D eigenvalue weighted by molar-refractivity contribution is 5.96. The van der Waals surface area contributed by atoms with Crippen LogP contribution in [-0.4, -0.2) is 48.4 Å². The summed E-state index contributed by atoms with van der Waals surface area (Å²) in [5.41, 5.74) is 4.36. The highest BCUT2D eigenvalue weighted by Gasteiger charge is 2.28. The van der Waals surface area contributed by atoms with Crippen LogP contribution in [0.15, 0.2) is 42.5 Å². The number of rotatable bonds is 11. The molecule has 0 spiro atoms. The largest absolute Gasteiger partial charge is 0.494 e. The molecule has 0 bridgehead atoms. The molecule has 2 saturated carbocycles. The lowest BCUT2D eigenvalue weighted by Crippen LogP contribution is -2.22. The molecule has 1 amide bonds. The van der Waals surface area contributed by atoms with Gasteiger partial charge >= 0.3 is 6.09 Å². The maximum Gasteiger partial charge on any atom is 0.411 e. The van der Waals surface area contributed by atoms with Gasteiger partial charge < -0.3 is 18.9 Å². The van der Waals surface area contributed by atoms with Crippen LogP contribution in [0.3, 0.4) is 0 Å². The first-order chi connectivity index (χ1) is 19.7. The minimum atomic E-state index is -0.412. The van der Waals surface area contributed by atoms with Crippen molar-refractivity contribution in [1.29, 1.82) is 5.26 Å². The van der Waals surface area contributed by atoms with Crippen LogP contribution in [0.4, 0.5) is 10.5 Å². The van der Waals surface area contributed by atoms with Gasteiger partial charge in [0.15, 0.2) is 0 Å². The summed E-state index contributed by atoms with van der Waals surface area (Å²) in [7, 11) is 0. The van der Waals surface area contributed by atoms with Gasteiger partial charge in [-0.3, -0.25) is 5.32 Å². The Kier molecular flexibility index (Phi) is 8.24. The van der Waals surface area contributed by atoms with Crippen molar-refractivity contribution in [3.63, 3.8) is 0 Å². The molecule has 3 fully saturated rings. The number of ether oxygens (including phenoxy) is 2. The van der Waals surface area contributed by atoms with E-state index in [1.54, 1.807) is 0 Å². The second-order valence-corrected chi connectivity index (χ2v) is 11.7. The Balaban J connectivity index is 1.18. The van der Waals surface area contributed by atoms with Crippen molar-refractivity contribution in [1.82, 2.24) is 9.47 Å². The normalized spacial score (nSPS) is 17.8. The van der Waals surface area contributed by atoms with Gasteiger partial charge in [-0.25, -0.2) is 4.79 Å². The molecule has 40 heavy (non-hydrogen) atoms. The van der Waals surface area contributed by atoms with Crippen molar-refractivity contribution in [2.24, 2.45) is 5.92 Å². The van der Waals surface area contributed by atoms with E-state index in [1.165, 1.54) is 38.8 Å². The summed E-state index contributed by atoms with van der Waals surface area (Å²) in [5, 5.41) is 14.1. The first-order valence-corrected chi connectivity index (χ1v) is 15.2. The maximum atomic E-state index is 12.2. The highest BCUT2D eigenvalue weighted by atomic mass is 16.5. The molecule has 0 atom stereocenters. The highest BCUT2D eigenvalue weighted by Crippen LogP contribution is 2.43. The van der Waals surface area contributed by atoms with Gasteiger partial charge in [-0.1, -0.05) is 18.6 Å². The van der Waals surface area contributed by atoms with Gasteiger partial charge in [-0.2, -0.15) is 5.26 Å². The fourth-order valence-corrected chi connectivity index (χ4v) is 6.15. The number of likely N-dealkylation sites (tertiary alicyclic amines) is 1. The Hall–Kier alpha value is -3.50. The van der Waals surface area contributed by atoms with Crippen molar-refractivity contribution >= 4 is 22.7 Å². The fraction of sp³-hybridized carbons (Fsp3) is 0.515. The second-order valence-electron chi connectivity index (χ2n) is 11.7. The lowest BCUT2D eigenvalue weighted by molar-refractivity contribution is 0.115. The first kappa shape index (κ1) is 26.7. The van der Waals surface area contributed by atoms with Crippen LogP contribution in [0, 0.1) is 17.2 Å². The molecule has 1 saturated heterocycles. The summed E-state index contributed by atoms with van der Waals surface area (Å²) < 4.78 is 13.9. The van der Waals surface area contributed by atoms with Gasteiger partial charge in [0.2, 0.25) is 0 Å². The number of nitrogens with one attached hydrogen (secondary N) is 1. The van der Waals surface area contributed by atoms with Crippen LogP contribution in [0.25, 0.3) is 22.2 Å². The summed E-state index contributed by atoms with van der Waals surface area (Å²) in [6.07, 6.45) is 11.4. The molecule has 3 aliphatic rings. The molecule has 1 aromatic heterocycles. The molecule has 1 aliphatic heterocycles. The van der Waals surface area contributed by atoms with E-state index in [-0.39, 0.29) is 0 Å². The van der Waals surface area contributed by atoms with Crippen LogP contribution in [0.1, 0.15) is 75.8 Å². The topological polar surface area (TPSA) is 79.5 Å². The van der Waals surface area contributed by atoms with Gasteiger partial charge in [0, 0.05) is 23.2 Å². The molecule has 0 unspecified atom stereocenters. The van der Waals surface area contributed by atoms with E-state index in [2.05, 4.69) is 26.9 Å². The SMILES string of the molecule is N#Cc1c(-c2ccc(NC(=O)OCC3CCC3)cc2)n(C2CCC2)c2cc(OCCCCN3CCCC3)ccc12. The molecular formula is C33H40N4O3. The Bertz CT molecular complexity index is 1360. The van der Waals surface area contributed by atoms with Crippen LogP contribution < -0.4 is 10.1 Å². The average Bonchev–Trinajstić information content (AvgIpc) is 3.53. The number of benzene rings is 2. The number of carbonyl (C=O) groups is 1. The monoisotopic (exact) mass is 540 g/mol. The number of hydrogen-bond acceptors (Lipinski definition) is 5. The molecule has 2 aliphatic carbocycles. The third-order valence-corrected chi connectivity index (χ3v) is 8.94. The number of hydrogen-bond donors (Lipinski definition) is 1. The average molecular weight is 541 g/mol. The molecule has 0 radical (unpaired) electrons. The minimum Gasteiger partial charge on any atom is -0.494 e. The number of unbranched alkanes of at least 4 members (excludes halogenated alkanes) is 1. The van der Waals surface area contributed by atoms with Crippen LogP contribution in [0.2, 0.25) is 0 Å². The summed E-state index contributed by atoms with van der Waals surface area (Å²) in [6, 6.07) is 16.8. The van der Waals surface area contributed by atoms with Gasteiger partial charge in [0.05, 0.1) is 30.0 Å². The van der Waals surface area contributed by atoms with E-state index in [4.69, 9.17) is 9.47 Å². The van der Waals surface area contributed by atoms with Crippen LogP contribution in [0.5, 0.6) is 5.75 Å². The second kappa shape index (κ2) is 12.3. The third-order valence-electron chi connectivity index (χ3n) is 8.94. The number of amides is 1. The minimum absolute atomic E-state index is 0.370. The van der Waals surface area contributed by atoms with E-state index in [9.17, 15) is 10.1 Å². The Morgan fingerprint density at radius 2 is 1.75 bits per heavy atom. The number of carbonyl (C=O) groups excluding carboxylic acids is 1. The predicted molar refractivity (Wildman–Crippen MR) is 158 cm³/mol. The summed E-state index contributed by atoms with van der Waals surface area (Å²) in [5.74, 6) is 1.37. The van der Waals surface area contributed by atoms with E-state index in [0.717, 1.165) is 73.0 Å². The van der Waals surface area contributed by atoms with Crippen molar-refractivity contribution < 1.29 is 14.3 Å². The number of fused-ring (bicyclic) bond motifs is 1. The Morgan fingerprint density at radius 3 is 2.42 bits per heavy atom. The fourth-order valence-electron chi connectivity index (χ4n) is 6.15. The maximum absolute atomic E-state index is 12.2.